The third kappa shape index (κ3) is 9.54. The minimum Gasteiger partial charge on any atom is -0.0776 e. The van der Waals surface area contributed by atoms with Gasteiger partial charge in [-0.2, -0.15) is 0 Å². The minimum atomic E-state index is -0.254. The van der Waals surface area contributed by atoms with Gasteiger partial charge in [-0.1, -0.05) is 207 Å². The van der Waals surface area contributed by atoms with Gasteiger partial charge in [0.15, 0.2) is 0 Å². The van der Waals surface area contributed by atoms with Crippen molar-refractivity contribution in [3.63, 3.8) is 0 Å². The number of benzene rings is 4. The zero-order chi connectivity index (χ0) is 28.7. The Bertz CT molecular complexity index is 943. The summed E-state index contributed by atoms with van der Waals surface area (Å²) < 4.78 is 0. The SMILES string of the molecule is C.C.CC.CC.CC.CC.CC.CC.c1ccc(C2(c3ccccc3)c3ccccc3-c3ccccc32)cc1. The highest BCUT2D eigenvalue weighted by atomic mass is 14.5. The van der Waals surface area contributed by atoms with Gasteiger partial charge in [-0.25, -0.2) is 0 Å². The Morgan fingerprint density at radius 2 is 0.538 bits per heavy atom. The van der Waals surface area contributed by atoms with Gasteiger partial charge in [0, 0.05) is 0 Å². The van der Waals surface area contributed by atoms with Crippen molar-refractivity contribution in [2.75, 3.05) is 0 Å². The molecule has 0 fully saturated rings. The second-order valence-corrected chi connectivity index (χ2v) is 6.57. The molecule has 0 radical (unpaired) electrons. The quantitative estimate of drug-likeness (QED) is 0.213. The van der Waals surface area contributed by atoms with Crippen molar-refractivity contribution in [2.24, 2.45) is 0 Å². The van der Waals surface area contributed by atoms with Crippen LogP contribution in [0.1, 0.15) is 120 Å². The Morgan fingerprint density at radius 1 is 0.308 bits per heavy atom. The third-order valence-corrected chi connectivity index (χ3v) is 5.37. The van der Waals surface area contributed by atoms with Crippen LogP contribution in [-0.4, -0.2) is 0 Å². The standard InChI is InChI=1S/C25H18.6C2H6.2CH4/c1-3-11-19(12-4-1)25(20-13-5-2-6-14-20)23-17-9-7-15-21(23)22-16-8-10-18-24(22)25;6*1-2;;/h1-18H;6*1-2H3;2*1H4. The van der Waals surface area contributed by atoms with E-state index in [1.54, 1.807) is 0 Å². The van der Waals surface area contributed by atoms with Gasteiger partial charge in [-0.15, -0.1) is 0 Å². The van der Waals surface area contributed by atoms with Crippen molar-refractivity contribution in [1.82, 2.24) is 0 Å². The monoisotopic (exact) mass is 530 g/mol. The largest absolute Gasteiger partial charge is 0.0776 e. The maximum absolute atomic E-state index is 2.29. The molecule has 0 heteroatoms. The Kier molecular flexibility index (Phi) is 29.2. The molecule has 0 aromatic heterocycles. The van der Waals surface area contributed by atoms with Gasteiger partial charge in [0.05, 0.1) is 5.41 Å². The highest BCUT2D eigenvalue weighted by Crippen LogP contribution is 2.55. The molecule has 5 rings (SSSR count). The lowest BCUT2D eigenvalue weighted by molar-refractivity contribution is 0.768. The van der Waals surface area contributed by atoms with E-state index >= 15 is 0 Å². The molecule has 0 atom stereocenters. The molecule has 39 heavy (non-hydrogen) atoms. The molecule has 0 spiro atoms. The topological polar surface area (TPSA) is 0 Å². The van der Waals surface area contributed by atoms with Gasteiger partial charge in [0.25, 0.3) is 0 Å². The summed E-state index contributed by atoms with van der Waals surface area (Å²) in [6, 6.07) is 39.5. The number of hydrogen-bond acceptors (Lipinski definition) is 0. The van der Waals surface area contributed by atoms with Gasteiger partial charge >= 0.3 is 0 Å². The zero-order valence-corrected chi connectivity index (χ0v) is 25.9. The Hall–Kier alpha value is -3.12. The highest BCUT2D eigenvalue weighted by molar-refractivity contribution is 5.86. The summed E-state index contributed by atoms with van der Waals surface area (Å²) in [5.41, 5.74) is 7.80. The van der Waals surface area contributed by atoms with Crippen LogP contribution in [0.5, 0.6) is 0 Å². The van der Waals surface area contributed by atoms with E-state index in [9.17, 15) is 0 Å². The van der Waals surface area contributed by atoms with E-state index in [1.165, 1.54) is 33.4 Å². The smallest absolute Gasteiger partial charge is 0.0713 e. The highest BCUT2D eigenvalue weighted by Gasteiger charge is 2.45. The van der Waals surface area contributed by atoms with Crippen molar-refractivity contribution < 1.29 is 0 Å². The Labute approximate surface area is 245 Å². The molecule has 0 amide bonds. The molecule has 0 saturated heterocycles. The lowest BCUT2D eigenvalue weighted by Crippen LogP contribution is -2.28. The number of fused-ring (bicyclic) bond motifs is 3. The predicted octanol–water partition coefficient (Wildman–Crippen LogP) is 13.5. The van der Waals surface area contributed by atoms with E-state index in [4.69, 9.17) is 0 Å². The fraction of sp³-hybridized carbons (Fsp3) is 0.385. The van der Waals surface area contributed by atoms with Crippen molar-refractivity contribution in [2.45, 2.75) is 103 Å². The molecule has 0 bridgehead atoms. The normalized spacial score (nSPS) is 9.85. The molecule has 1 aliphatic carbocycles. The van der Waals surface area contributed by atoms with Crippen molar-refractivity contribution in [1.29, 1.82) is 0 Å². The minimum absolute atomic E-state index is 0. The van der Waals surface area contributed by atoms with E-state index in [1.807, 2.05) is 83.1 Å². The number of rotatable bonds is 2. The van der Waals surface area contributed by atoms with E-state index in [0.717, 1.165) is 0 Å². The lowest BCUT2D eigenvalue weighted by atomic mass is 9.68. The molecular weight excluding hydrogens is 468 g/mol. The summed E-state index contributed by atoms with van der Waals surface area (Å²) in [6.45, 7) is 24.0. The molecule has 1 aliphatic rings. The molecule has 0 nitrogen and oxygen atoms in total. The van der Waals surface area contributed by atoms with E-state index < -0.39 is 0 Å². The van der Waals surface area contributed by atoms with Crippen molar-refractivity contribution in [3.05, 3.63) is 131 Å². The predicted molar refractivity (Wildman–Crippen MR) is 185 cm³/mol. The van der Waals surface area contributed by atoms with Gasteiger partial charge in [0.1, 0.15) is 0 Å². The van der Waals surface area contributed by atoms with Gasteiger partial charge in [-0.3, -0.25) is 0 Å². The lowest BCUT2D eigenvalue weighted by Gasteiger charge is -2.33. The fourth-order valence-electron chi connectivity index (χ4n) is 4.40. The molecule has 4 aromatic rings. The van der Waals surface area contributed by atoms with Crippen LogP contribution >= 0.6 is 0 Å². The van der Waals surface area contributed by atoms with E-state index in [2.05, 4.69) is 109 Å². The molecule has 0 heterocycles. The average molecular weight is 531 g/mol. The third-order valence-electron chi connectivity index (χ3n) is 5.37. The van der Waals surface area contributed by atoms with Crippen LogP contribution in [0, 0.1) is 0 Å². The van der Waals surface area contributed by atoms with Crippen LogP contribution in [0.25, 0.3) is 11.1 Å². The van der Waals surface area contributed by atoms with Crippen LogP contribution in [0.2, 0.25) is 0 Å². The molecule has 0 aliphatic heterocycles. The van der Waals surface area contributed by atoms with Crippen LogP contribution in [0.4, 0.5) is 0 Å². The zero-order valence-electron chi connectivity index (χ0n) is 25.9. The second-order valence-electron chi connectivity index (χ2n) is 6.57. The Morgan fingerprint density at radius 3 is 0.821 bits per heavy atom. The van der Waals surface area contributed by atoms with Crippen molar-refractivity contribution in [3.8, 4) is 11.1 Å². The fourth-order valence-corrected chi connectivity index (χ4v) is 4.40. The summed E-state index contributed by atoms with van der Waals surface area (Å²) in [4.78, 5) is 0. The summed E-state index contributed by atoms with van der Waals surface area (Å²) in [5, 5.41) is 0. The van der Waals surface area contributed by atoms with Crippen LogP contribution < -0.4 is 0 Å². The molecule has 0 unspecified atom stereocenters. The first-order valence-electron chi connectivity index (χ1n) is 14.7. The first-order valence-corrected chi connectivity index (χ1v) is 14.7. The average Bonchev–Trinajstić information content (AvgIpc) is 3.35. The van der Waals surface area contributed by atoms with Gasteiger partial charge in [0.2, 0.25) is 0 Å². The number of hydrogen-bond donors (Lipinski definition) is 0. The summed E-state index contributed by atoms with van der Waals surface area (Å²) in [6.07, 6.45) is 0. The Balaban J connectivity index is -0.000000391. The van der Waals surface area contributed by atoms with Crippen LogP contribution in [0.15, 0.2) is 109 Å². The molecular formula is C39H62. The summed E-state index contributed by atoms with van der Waals surface area (Å²) in [5.74, 6) is 0. The molecule has 218 valence electrons. The van der Waals surface area contributed by atoms with E-state index in [-0.39, 0.29) is 20.3 Å². The molecule has 0 saturated carbocycles. The van der Waals surface area contributed by atoms with Gasteiger partial charge in [-0.05, 0) is 33.4 Å². The maximum Gasteiger partial charge on any atom is 0.0713 e. The van der Waals surface area contributed by atoms with E-state index in [0.29, 0.717) is 0 Å². The van der Waals surface area contributed by atoms with Crippen LogP contribution in [-0.2, 0) is 5.41 Å². The molecule has 0 N–H and O–H groups in total. The molecule has 4 aromatic carbocycles. The van der Waals surface area contributed by atoms with Gasteiger partial charge < -0.3 is 0 Å². The first kappa shape index (κ1) is 43.0. The van der Waals surface area contributed by atoms with Crippen LogP contribution in [0.3, 0.4) is 0 Å². The van der Waals surface area contributed by atoms with Crippen molar-refractivity contribution >= 4 is 0 Å². The maximum atomic E-state index is 2.29. The first-order chi connectivity index (χ1) is 18.4. The summed E-state index contributed by atoms with van der Waals surface area (Å²) >= 11 is 0. The summed E-state index contributed by atoms with van der Waals surface area (Å²) in [7, 11) is 0. The second kappa shape index (κ2) is 26.5.